The van der Waals surface area contributed by atoms with E-state index in [2.05, 4.69) is 72.6 Å². The molecule has 186 valence electrons. The molecular formula is C31H53N2+. The highest BCUT2D eigenvalue weighted by atomic mass is 15.1. The molecule has 0 bridgehead atoms. The van der Waals surface area contributed by atoms with E-state index in [1.807, 2.05) is 0 Å². The van der Waals surface area contributed by atoms with E-state index in [1.54, 1.807) is 0 Å². The summed E-state index contributed by atoms with van der Waals surface area (Å²) in [7, 11) is 0. The lowest BCUT2D eigenvalue weighted by atomic mass is 10.0. The Morgan fingerprint density at radius 1 is 0.667 bits per heavy atom. The van der Waals surface area contributed by atoms with Gasteiger partial charge in [0.05, 0.1) is 12.5 Å². The summed E-state index contributed by atoms with van der Waals surface area (Å²) in [5, 5.41) is 0. The highest BCUT2D eigenvalue weighted by Gasteiger charge is 2.20. The number of nitrogens with zero attached hydrogens (tertiary/aromatic N) is 2. The van der Waals surface area contributed by atoms with Crippen LogP contribution in [-0.2, 0) is 13.1 Å². The number of imidazole rings is 1. The van der Waals surface area contributed by atoms with Gasteiger partial charge in [-0.1, -0.05) is 141 Å². The van der Waals surface area contributed by atoms with Crippen LogP contribution in [0.4, 0.5) is 0 Å². The fourth-order valence-corrected chi connectivity index (χ4v) is 5.08. The van der Waals surface area contributed by atoms with Gasteiger partial charge in [-0.15, -0.1) is 0 Å². The fraction of sp³-hybridized carbons (Fsp3) is 0.710. The molecule has 0 aliphatic rings. The van der Waals surface area contributed by atoms with Crippen LogP contribution in [-0.4, -0.2) is 4.57 Å². The molecular weight excluding hydrogens is 400 g/mol. The van der Waals surface area contributed by atoms with E-state index in [4.69, 9.17) is 0 Å². The standard InChI is InChI=1S/C31H53N2/c1-4-5-6-7-8-9-10-11-12-13-14-15-16-17-18-22-25-32-26-27-33(31(32)29(2)3)28-30-23-20-19-21-24-30/h19-21,23-24,26-27,29H,4-18,22,25,28H2,1-3H3/q+1. The lowest BCUT2D eigenvalue weighted by Crippen LogP contribution is -2.38. The van der Waals surface area contributed by atoms with Gasteiger partial charge in [-0.2, -0.15) is 0 Å². The molecule has 1 heterocycles. The fourth-order valence-electron chi connectivity index (χ4n) is 5.08. The van der Waals surface area contributed by atoms with Crippen molar-refractivity contribution in [3.63, 3.8) is 0 Å². The molecule has 0 saturated heterocycles. The van der Waals surface area contributed by atoms with Crippen molar-refractivity contribution < 1.29 is 4.57 Å². The van der Waals surface area contributed by atoms with E-state index in [9.17, 15) is 0 Å². The average Bonchev–Trinajstić information content (AvgIpc) is 3.22. The van der Waals surface area contributed by atoms with E-state index in [0.717, 1.165) is 13.1 Å². The molecule has 2 nitrogen and oxygen atoms in total. The number of hydrogen-bond acceptors (Lipinski definition) is 0. The van der Waals surface area contributed by atoms with Gasteiger partial charge in [0, 0.05) is 0 Å². The molecule has 1 aromatic heterocycles. The largest absolute Gasteiger partial charge is 0.259 e. The molecule has 0 aliphatic heterocycles. The molecule has 0 radical (unpaired) electrons. The van der Waals surface area contributed by atoms with Gasteiger partial charge >= 0.3 is 0 Å². The average molecular weight is 454 g/mol. The summed E-state index contributed by atoms with van der Waals surface area (Å²) >= 11 is 0. The van der Waals surface area contributed by atoms with E-state index >= 15 is 0 Å². The number of aryl methyl sites for hydroxylation is 1. The normalized spacial score (nSPS) is 11.5. The minimum absolute atomic E-state index is 0.546. The number of hydrogen-bond donors (Lipinski definition) is 0. The van der Waals surface area contributed by atoms with Crippen LogP contribution in [0.3, 0.4) is 0 Å². The number of rotatable bonds is 20. The van der Waals surface area contributed by atoms with Crippen LogP contribution in [0.2, 0.25) is 0 Å². The predicted molar refractivity (Wildman–Crippen MR) is 144 cm³/mol. The third-order valence-corrected chi connectivity index (χ3v) is 6.98. The monoisotopic (exact) mass is 453 g/mol. The summed E-state index contributed by atoms with van der Waals surface area (Å²) in [6, 6.07) is 10.8. The maximum atomic E-state index is 2.50. The second-order valence-electron chi connectivity index (χ2n) is 10.4. The first-order valence-electron chi connectivity index (χ1n) is 14.3. The molecule has 33 heavy (non-hydrogen) atoms. The Morgan fingerprint density at radius 3 is 1.64 bits per heavy atom. The summed E-state index contributed by atoms with van der Waals surface area (Å²) in [5.41, 5.74) is 1.38. The summed E-state index contributed by atoms with van der Waals surface area (Å²) in [6.07, 6.45) is 27.5. The lowest BCUT2D eigenvalue weighted by molar-refractivity contribution is -0.705. The topological polar surface area (TPSA) is 8.81 Å². The molecule has 0 atom stereocenters. The number of benzene rings is 1. The summed E-state index contributed by atoms with van der Waals surface area (Å²) in [4.78, 5) is 0. The molecule has 0 saturated carbocycles. The zero-order chi connectivity index (χ0) is 23.6. The number of aromatic nitrogens is 2. The highest BCUT2D eigenvalue weighted by Crippen LogP contribution is 2.15. The molecule has 2 rings (SSSR count). The Kier molecular flexibility index (Phi) is 15.0. The molecule has 0 unspecified atom stereocenters. The predicted octanol–water partition coefficient (Wildman–Crippen LogP) is 9.21. The van der Waals surface area contributed by atoms with Gasteiger partial charge in [0.25, 0.3) is 5.82 Å². The molecule has 2 heteroatoms. The highest BCUT2D eigenvalue weighted by molar-refractivity contribution is 5.15. The quantitative estimate of drug-likeness (QED) is 0.139. The molecule has 2 aromatic rings. The van der Waals surface area contributed by atoms with E-state index in [0.29, 0.717) is 5.92 Å². The lowest BCUT2D eigenvalue weighted by Gasteiger charge is -2.08. The van der Waals surface area contributed by atoms with Crippen molar-refractivity contribution >= 4 is 0 Å². The molecule has 0 amide bonds. The van der Waals surface area contributed by atoms with Crippen molar-refractivity contribution in [2.45, 2.75) is 143 Å². The van der Waals surface area contributed by atoms with Crippen LogP contribution in [0, 0.1) is 0 Å². The zero-order valence-electron chi connectivity index (χ0n) is 22.2. The minimum Gasteiger partial charge on any atom is -0.234 e. The Morgan fingerprint density at radius 2 is 1.15 bits per heavy atom. The van der Waals surface area contributed by atoms with Crippen LogP contribution in [0.25, 0.3) is 0 Å². The molecule has 0 aliphatic carbocycles. The molecule has 0 N–H and O–H groups in total. The third kappa shape index (κ3) is 11.9. The zero-order valence-corrected chi connectivity index (χ0v) is 22.2. The Hall–Kier alpha value is -1.57. The maximum Gasteiger partial charge on any atom is 0.259 e. The summed E-state index contributed by atoms with van der Waals surface area (Å²) < 4.78 is 4.93. The van der Waals surface area contributed by atoms with Gasteiger partial charge in [0.15, 0.2) is 0 Å². The minimum atomic E-state index is 0.546. The maximum absolute atomic E-state index is 2.50. The first-order chi connectivity index (χ1) is 16.2. The second-order valence-corrected chi connectivity index (χ2v) is 10.4. The Labute approximate surface area is 205 Å². The third-order valence-electron chi connectivity index (χ3n) is 6.98. The van der Waals surface area contributed by atoms with E-state index < -0.39 is 0 Å². The van der Waals surface area contributed by atoms with Gasteiger partial charge in [-0.25, -0.2) is 9.13 Å². The van der Waals surface area contributed by atoms with Crippen LogP contribution < -0.4 is 4.57 Å². The molecule has 0 spiro atoms. The first-order valence-corrected chi connectivity index (χ1v) is 14.3. The van der Waals surface area contributed by atoms with Crippen molar-refractivity contribution in [3.8, 4) is 0 Å². The molecule has 0 fully saturated rings. The van der Waals surface area contributed by atoms with Crippen molar-refractivity contribution in [1.29, 1.82) is 0 Å². The van der Waals surface area contributed by atoms with E-state index in [-0.39, 0.29) is 0 Å². The van der Waals surface area contributed by atoms with Gasteiger partial charge in [-0.3, -0.25) is 0 Å². The molecule has 1 aromatic carbocycles. The van der Waals surface area contributed by atoms with Crippen LogP contribution >= 0.6 is 0 Å². The summed E-state index contributed by atoms with van der Waals surface area (Å²) in [5.74, 6) is 2.00. The van der Waals surface area contributed by atoms with Crippen molar-refractivity contribution in [2.75, 3.05) is 0 Å². The van der Waals surface area contributed by atoms with Crippen LogP contribution in [0.5, 0.6) is 0 Å². The van der Waals surface area contributed by atoms with Gasteiger partial charge in [-0.05, 0) is 18.4 Å². The van der Waals surface area contributed by atoms with E-state index in [1.165, 1.54) is 114 Å². The summed E-state index contributed by atoms with van der Waals surface area (Å²) in [6.45, 7) is 9.07. The van der Waals surface area contributed by atoms with Gasteiger partial charge in [0.2, 0.25) is 0 Å². The smallest absolute Gasteiger partial charge is 0.234 e. The first kappa shape index (κ1) is 27.7. The Balaban J connectivity index is 1.49. The van der Waals surface area contributed by atoms with Crippen molar-refractivity contribution in [3.05, 3.63) is 54.1 Å². The van der Waals surface area contributed by atoms with Crippen molar-refractivity contribution in [2.24, 2.45) is 0 Å². The van der Waals surface area contributed by atoms with Crippen LogP contribution in [0.15, 0.2) is 42.7 Å². The van der Waals surface area contributed by atoms with Gasteiger partial charge < -0.3 is 0 Å². The van der Waals surface area contributed by atoms with Crippen LogP contribution in [0.1, 0.15) is 141 Å². The second kappa shape index (κ2) is 17.8. The number of unbranched alkanes of at least 4 members (excludes halogenated alkanes) is 15. The van der Waals surface area contributed by atoms with Crippen molar-refractivity contribution in [1.82, 2.24) is 4.57 Å². The Bertz CT molecular complexity index is 701. The van der Waals surface area contributed by atoms with Gasteiger partial charge in [0.1, 0.15) is 18.9 Å². The SMILES string of the molecule is CCCCCCCCCCCCCCCCCC[n+]1ccn(Cc2ccccc2)c1C(C)C.